The third-order valence-corrected chi connectivity index (χ3v) is 4.08. The first-order valence-corrected chi connectivity index (χ1v) is 8.19. The van der Waals surface area contributed by atoms with Crippen LogP contribution in [0.3, 0.4) is 0 Å². The van der Waals surface area contributed by atoms with Crippen molar-refractivity contribution in [3.63, 3.8) is 0 Å². The average molecular weight is 361 g/mol. The molecule has 0 bridgehead atoms. The molecule has 0 saturated carbocycles. The van der Waals surface area contributed by atoms with Crippen molar-refractivity contribution in [3.8, 4) is 0 Å². The van der Waals surface area contributed by atoms with Crippen molar-refractivity contribution in [2.24, 2.45) is 5.92 Å². The number of hydrogen-bond acceptors (Lipinski definition) is 3. The first-order chi connectivity index (χ1) is 9.43. The SMILES string of the molecule is CSCC(C)CNC(=O)Nc1ccc(C(=O)O)cc1Br. The van der Waals surface area contributed by atoms with Crippen LogP contribution in [0.4, 0.5) is 10.5 Å². The van der Waals surface area contributed by atoms with Crippen LogP contribution < -0.4 is 10.6 Å². The maximum absolute atomic E-state index is 11.7. The summed E-state index contributed by atoms with van der Waals surface area (Å²) < 4.78 is 0.532. The number of carbonyl (C=O) groups is 2. The molecule has 0 aliphatic rings. The largest absolute Gasteiger partial charge is 0.478 e. The van der Waals surface area contributed by atoms with Gasteiger partial charge in [0.05, 0.1) is 11.3 Å². The molecule has 2 amide bonds. The van der Waals surface area contributed by atoms with Crippen LogP contribution in [0, 0.1) is 5.92 Å². The molecule has 0 radical (unpaired) electrons. The lowest BCUT2D eigenvalue weighted by Crippen LogP contribution is -2.33. The highest BCUT2D eigenvalue weighted by Gasteiger charge is 2.10. The summed E-state index contributed by atoms with van der Waals surface area (Å²) in [4.78, 5) is 22.5. The number of anilines is 1. The van der Waals surface area contributed by atoms with Crippen molar-refractivity contribution in [1.82, 2.24) is 5.32 Å². The molecule has 5 nitrogen and oxygen atoms in total. The Balaban J connectivity index is 2.56. The highest BCUT2D eigenvalue weighted by Crippen LogP contribution is 2.23. The summed E-state index contributed by atoms with van der Waals surface area (Å²) in [7, 11) is 0. The summed E-state index contributed by atoms with van der Waals surface area (Å²) in [5.74, 6) is 0.373. The Bertz CT molecular complexity index is 497. The van der Waals surface area contributed by atoms with E-state index in [1.165, 1.54) is 12.1 Å². The van der Waals surface area contributed by atoms with E-state index >= 15 is 0 Å². The lowest BCUT2D eigenvalue weighted by molar-refractivity contribution is 0.0697. The molecular formula is C13H17BrN2O3S. The van der Waals surface area contributed by atoms with E-state index in [2.05, 4.69) is 33.5 Å². The van der Waals surface area contributed by atoms with E-state index in [0.29, 0.717) is 22.6 Å². The summed E-state index contributed by atoms with van der Waals surface area (Å²) in [6, 6.07) is 4.15. The Morgan fingerprint density at radius 3 is 2.70 bits per heavy atom. The molecule has 1 unspecified atom stereocenters. The second-order valence-electron chi connectivity index (χ2n) is 4.40. The number of nitrogens with one attached hydrogen (secondary N) is 2. The molecule has 1 rings (SSSR count). The number of thioether (sulfide) groups is 1. The molecular weight excluding hydrogens is 344 g/mol. The second-order valence-corrected chi connectivity index (χ2v) is 6.16. The van der Waals surface area contributed by atoms with Gasteiger partial charge in [-0.25, -0.2) is 9.59 Å². The van der Waals surface area contributed by atoms with E-state index in [4.69, 9.17) is 5.11 Å². The van der Waals surface area contributed by atoms with Gasteiger partial charge in [0.25, 0.3) is 0 Å². The van der Waals surface area contributed by atoms with Gasteiger partial charge in [-0.1, -0.05) is 6.92 Å². The molecule has 0 heterocycles. The quantitative estimate of drug-likeness (QED) is 0.727. The van der Waals surface area contributed by atoms with Crippen molar-refractivity contribution in [1.29, 1.82) is 0 Å². The van der Waals surface area contributed by atoms with Gasteiger partial charge in [0.15, 0.2) is 0 Å². The molecule has 20 heavy (non-hydrogen) atoms. The topological polar surface area (TPSA) is 78.4 Å². The minimum absolute atomic E-state index is 0.163. The smallest absolute Gasteiger partial charge is 0.335 e. The molecule has 0 saturated heterocycles. The summed E-state index contributed by atoms with van der Waals surface area (Å²) in [5.41, 5.74) is 0.696. The summed E-state index contributed by atoms with van der Waals surface area (Å²) in [6.07, 6.45) is 2.03. The second kappa shape index (κ2) is 8.16. The van der Waals surface area contributed by atoms with Crippen molar-refractivity contribution < 1.29 is 14.7 Å². The van der Waals surface area contributed by atoms with E-state index in [9.17, 15) is 9.59 Å². The number of carboxylic acid groups (broad SMARTS) is 1. The fourth-order valence-corrected chi connectivity index (χ4v) is 2.69. The molecule has 1 aromatic rings. The van der Waals surface area contributed by atoms with Crippen LogP contribution in [-0.4, -0.2) is 35.7 Å². The Morgan fingerprint density at radius 1 is 1.45 bits per heavy atom. The summed E-state index contributed by atoms with van der Waals surface area (Å²) in [5, 5.41) is 14.3. The lowest BCUT2D eigenvalue weighted by atomic mass is 10.2. The van der Waals surface area contributed by atoms with E-state index in [-0.39, 0.29) is 11.6 Å². The Kier molecular flexibility index (Phi) is 6.87. The highest BCUT2D eigenvalue weighted by molar-refractivity contribution is 9.10. The third-order valence-electron chi connectivity index (χ3n) is 2.53. The van der Waals surface area contributed by atoms with Gasteiger partial charge in [0.2, 0.25) is 0 Å². The predicted octanol–water partition coefficient (Wildman–Crippen LogP) is 3.27. The van der Waals surface area contributed by atoms with Gasteiger partial charge in [-0.15, -0.1) is 0 Å². The van der Waals surface area contributed by atoms with Crippen LogP contribution in [-0.2, 0) is 0 Å². The van der Waals surface area contributed by atoms with Gasteiger partial charge < -0.3 is 15.7 Å². The van der Waals surface area contributed by atoms with Gasteiger partial charge in [-0.3, -0.25) is 0 Å². The van der Waals surface area contributed by atoms with Crippen LogP contribution in [0.25, 0.3) is 0 Å². The van der Waals surface area contributed by atoms with Crippen LogP contribution in [0.15, 0.2) is 22.7 Å². The molecule has 7 heteroatoms. The number of halogens is 1. The Hall–Kier alpha value is -1.21. The van der Waals surface area contributed by atoms with Crippen LogP contribution in [0.2, 0.25) is 0 Å². The number of carboxylic acids is 1. The van der Waals surface area contributed by atoms with Crippen molar-refractivity contribution in [2.75, 3.05) is 23.9 Å². The van der Waals surface area contributed by atoms with E-state index in [1.807, 2.05) is 6.26 Å². The number of aromatic carboxylic acids is 1. The van der Waals surface area contributed by atoms with Gasteiger partial charge >= 0.3 is 12.0 Å². The summed E-state index contributed by atoms with van der Waals surface area (Å²) in [6.45, 7) is 2.66. The van der Waals surface area contributed by atoms with Crippen molar-refractivity contribution >= 4 is 45.4 Å². The zero-order valence-electron chi connectivity index (χ0n) is 11.3. The highest BCUT2D eigenvalue weighted by atomic mass is 79.9. The number of rotatable bonds is 6. The molecule has 0 spiro atoms. The molecule has 3 N–H and O–H groups in total. The third kappa shape index (κ3) is 5.42. The summed E-state index contributed by atoms with van der Waals surface area (Å²) >= 11 is 4.98. The number of urea groups is 1. The number of carbonyl (C=O) groups excluding carboxylic acids is 1. The maximum Gasteiger partial charge on any atom is 0.335 e. The fourth-order valence-electron chi connectivity index (χ4n) is 1.53. The van der Waals surface area contributed by atoms with Crippen LogP contribution >= 0.6 is 27.7 Å². The fraction of sp³-hybridized carbons (Fsp3) is 0.385. The number of hydrogen-bond donors (Lipinski definition) is 3. The molecule has 0 fully saturated rings. The van der Waals surface area contributed by atoms with E-state index < -0.39 is 5.97 Å². The molecule has 1 aromatic carbocycles. The minimum Gasteiger partial charge on any atom is -0.478 e. The van der Waals surface area contributed by atoms with E-state index in [1.54, 1.807) is 17.8 Å². The first-order valence-electron chi connectivity index (χ1n) is 6.00. The van der Waals surface area contributed by atoms with Crippen molar-refractivity contribution in [3.05, 3.63) is 28.2 Å². The number of benzene rings is 1. The zero-order chi connectivity index (χ0) is 15.1. The molecule has 0 aliphatic carbocycles. The Morgan fingerprint density at radius 2 is 2.15 bits per heavy atom. The van der Waals surface area contributed by atoms with Gasteiger partial charge in [-0.05, 0) is 52.1 Å². The average Bonchev–Trinajstić information content (AvgIpc) is 2.39. The van der Waals surface area contributed by atoms with Gasteiger partial charge in [0, 0.05) is 11.0 Å². The molecule has 1 atom stereocenters. The van der Waals surface area contributed by atoms with Gasteiger partial charge in [-0.2, -0.15) is 11.8 Å². The van der Waals surface area contributed by atoms with Crippen LogP contribution in [0.5, 0.6) is 0 Å². The monoisotopic (exact) mass is 360 g/mol. The maximum atomic E-state index is 11.7. The molecule has 0 aliphatic heterocycles. The Labute approximate surface area is 130 Å². The minimum atomic E-state index is -1.01. The van der Waals surface area contributed by atoms with Crippen molar-refractivity contribution in [2.45, 2.75) is 6.92 Å². The lowest BCUT2D eigenvalue weighted by Gasteiger charge is -2.13. The number of amides is 2. The molecule has 0 aromatic heterocycles. The molecule has 110 valence electrons. The van der Waals surface area contributed by atoms with E-state index in [0.717, 1.165) is 5.75 Å². The standard InChI is InChI=1S/C13H17BrN2O3S/c1-8(7-20-2)6-15-13(19)16-11-4-3-9(12(17)18)5-10(11)14/h3-5,8H,6-7H2,1-2H3,(H,17,18)(H2,15,16,19). The van der Waals surface area contributed by atoms with Crippen LogP contribution in [0.1, 0.15) is 17.3 Å². The normalized spacial score (nSPS) is 11.8. The first kappa shape index (κ1) is 16.8. The van der Waals surface area contributed by atoms with Gasteiger partial charge in [0.1, 0.15) is 0 Å². The zero-order valence-corrected chi connectivity index (χ0v) is 13.7. The predicted molar refractivity (Wildman–Crippen MR) is 85.7 cm³/mol.